The first-order valence-corrected chi connectivity index (χ1v) is 8.56. The van der Waals surface area contributed by atoms with E-state index in [1.807, 2.05) is 35.2 Å². The van der Waals surface area contributed by atoms with Crippen LogP contribution in [-0.2, 0) is 9.53 Å². The zero-order valence-electron chi connectivity index (χ0n) is 13.9. The Bertz CT molecular complexity index is 500. The van der Waals surface area contributed by atoms with Crippen LogP contribution in [0.4, 0.5) is 0 Å². The van der Waals surface area contributed by atoms with Crippen molar-refractivity contribution >= 4 is 18.3 Å². The third-order valence-corrected chi connectivity index (χ3v) is 4.90. The molecule has 0 spiro atoms. The van der Waals surface area contributed by atoms with Crippen LogP contribution in [0, 0.1) is 5.92 Å². The normalized spacial score (nSPS) is 23.4. The number of carbonyl (C=O) groups excluding carboxylic acids is 1. The molecule has 2 aliphatic heterocycles. The van der Waals surface area contributed by atoms with Crippen LogP contribution in [0.1, 0.15) is 30.9 Å². The number of carbonyl (C=O) groups is 1. The minimum absolute atomic E-state index is 0. The monoisotopic (exact) mass is 354 g/mol. The van der Waals surface area contributed by atoms with Crippen molar-refractivity contribution in [2.24, 2.45) is 5.92 Å². The predicted molar refractivity (Wildman–Crippen MR) is 95.2 cm³/mol. The molecule has 0 bridgehead atoms. The van der Waals surface area contributed by atoms with E-state index in [0.29, 0.717) is 13.0 Å². The van der Waals surface area contributed by atoms with Crippen molar-refractivity contribution in [3.05, 3.63) is 35.9 Å². The standard InChI is InChI=1S/C18H26N2O3.ClH/c21-17(12-16-13-23-11-8-19-16)20-9-6-15(7-10-20)18(22)14-4-2-1-3-5-14;/h1-5,15-16,18-19,22H,6-13H2;1H. The van der Waals surface area contributed by atoms with Gasteiger partial charge in [-0.05, 0) is 24.3 Å². The van der Waals surface area contributed by atoms with E-state index < -0.39 is 6.10 Å². The molecule has 0 radical (unpaired) electrons. The highest BCUT2D eigenvalue weighted by atomic mass is 35.5. The summed E-state index contributed by atoms with van der Waals surface area (Å²) in [5.74, 6) is 0.429. The minimum Gasteiger partial charge on any atom is -0.388 e. The van der Waals surface area contributed by atoms with Gasteiger partial charge in [-0.15, -0.1) is 12.4 Å². The number of morpholine rings is 1. The van der Waals surface area contributed by atoms with Gasteiger partial charge >= 0.3 is 0 Å². The smallest absolute Gasteiger partial charge is 0.224 e. The summed E-state index contributed by atoms with van der Waals surface area (Å²) in [6.07, 6.45) is 1.79. The van der Waals surface area contributed by atoms with E-state index in [0.717, 1.165) is 44.6 Å². The number of halogens is 1. The number of amides is 1. The Hall–Kier alpha value is -1.14. The molecule has 0 aliphatic carbocycles. The fourth-order valence-corrected chi connectivity index (χ4v) is 3.48. The van der Waals surface area contributed by atoms with Crippen LogP contribution < -0.4 is 5.32 Å². The molecule has 1 aromatic rings. The molecule has 6 heteroatoms. The fourth-order valence-electron chi connectivity index (χ4n) is 3.48. The molecule has 0 saturated carbocycles. The summed E-state index contributed by atoms with van der Waals surface area (Å²) in [7, 11) is 0. The summed E-state index contributed by atoms with van der Waals surface area (Å²) in [5, 5.41) is 13.8. The SMILES string of the molecule is Cl.O=C(CC1COCCN1)N1CCC(C(O)c2ccccc2)CC1. The van der Waals surface area contributed by atoms with E-state index in [1.54, 1.807) is 0 Å². The second kappa shape index (κ2) is 9.37. The van der Waals surface area contributed by atoms with Crippen molar-refractivity contribution in [3.63, 3.8) is 0 Å². The van der Waals surface area contributed by atoms with E-state index in [2.05, 4.69) is 5.32 Å². The van der Waals surface area contributed by atoms with Gasteiger partial charge in [0.2, 0.25) is 5.91 Å². The molecule has 2 saturated heterocycles. The van der Waals surface area contributed by atoms with E-state index in [-0.39, 0.29) is 30.3 Å². The number of hydrogen-bond acceptors (Lipinski definition) is 4. The first-order valence-electron chi connectivity index (χ1n) is 8.56. The molecule has 2 atom stereocenters. The van der Waals surface area contributed by atoms with Crippen molar-refractivity contribution in [2.45, 2.75) is 31.4 Å². The van der Waals surface area contributed by atoms with Gasteiger partial charge in [-0.25, -0.2) is 0 Å². The maximum absolute atomic E-state index is 12.4. The van der Waals surface area contributed by atoms with Gasteiger partial charge in [0, 0.05) is 32.1 Å². The van der Waals surface area contributed by atoms with Crippen molar-refractivity contribution in [2.75, 3.05) is 32.8 Å². The fraction of sp³-hybridized carbons (Fsp3) is 0.611. The third kappa shape index (κ3) is 4.93. The lowest BCUT2D eigenvalue weighted by Crippen LogP contribution is -2.46. The number of rotatable bonds is 4. The number of nitrogens with one attached hydrogen (secondary N) is 1. The van der Waals surface area contributed by atoms with Gasteiger partial charge in [0.1, 0.15) is 0 Å². The second-order valence-electron chi connectivity index (χ2n) is 6.50. The molecule has 134 valence electrons. The van der Waals surface area contributed by atoms with Crippen molar-refractivity contribution in [3.8, 4) is 0 Å². The number of aliphatic hydroxyl groups is 1. The van der Waals surface area contributed by atoms with E-state index in [9.17, 15) is 9.90 Å². The highest BCUT2D eigenvalue weighted by Crippen LogP contribution is 2.30. The lowest BCUT2D eigenvalue weighted by atomic mass is 9.87. The largest absolute Gasteiger partial charge is 0.388 e. The van der Waals surface area contributed by atoms with Crippen LogP contribution >= 0.6 is 12.4 Å². The van der Waals surface area contributed by atoms with Crippen LogP contribution in [0.3, 0.4) is 0 Å². The summed E-state index contributed by atoms with van der Waals surface area (Å²) in [6.45, 7) is 3.65. The Morgan fingerprint density at radius 3 is 2.62 bits per heavy atom. The van der Waals surface area contributed by atoms with Crippen LogP contribution in [0.5, 0.6) is 0 Å². The topological polar surface area (TPSA) is 61.8 Å². The van der Waals surface area contributed by atoms with Gasteiger partial charge < -0.3 is 20.1 Å². The number of piperidine rings is 1. The van der Waals surface area contributed by atoms with Crippen LogP contribution in [0.15, 0.2) is 30.3 Å². The van der Waals surface area contributed by atoms with E-state index in [1.165, 1.54) is 0 Å². The van der Waals surface area contributed by atoms with Gasteiger partial charge in [-0.3, -0.25) is 4.79 Å². The summed E-state index contributed by atoms with van der Waals surface area (Å²) >= 11 is 0. The zero-order valence-corrected chi connectivity index (χ0v) is 14.7. The summed E-state index contributed by atoms with van der Waals surface area (Å²) in [4.78, 5) is 14.3. The summed E-state index contributed by atoms with van der Waals surface area (Å²) in [6, 6.07) is 9.95. The Morgan fingerprint density at radius 1 is 1.29 bits per heavy atom. The molecule has 2 N–H and O–H groups in total. The van der Waals surface area contributed by atoms with Crippen molar-refractivity contribution in [1.29, 1.82) is 0 Å². The van der Waals surface area contributed by atoms with Gasteiger partial charge in [0.15, 0.2) is 0 Å². The third-order valence-electron chi connectivity index (χ3n) is 4.90. The first kappa shape index (κ1) is 19.2. The molecule has 2 heterocycles. The molecule has 24 heavy (non-hydrogen) atoms. The van der Waals surface area contributed by atoms with E-state index >= 15 is 0 Å². The molecule has 0 aromatic heterocycles. The number of hydrogen-bond donors (Lipinski definition) is 2. The quantitative estimate of drug-likeness (QED) is 0.865. The number of aliphatic hydroxyl groups excluding tert-OH is 1. The highest BCUT2D eigenvalue weighted by molar-refractivity contribution is 5.85. The Balaban J connectivity index is 0.00000208. The maximum atomic E-state index is 12.4. The number of nitrogens with zero attached hydrogens (tertiary/aromatic N) is 1. The predicted octanol–water partition coefficient (Wildman–Crippen LogP) is 1.76. The lowest BCUT2D eigenvalue weighted by molar-refractivity contribution is -0.134. The highest BCUT2D eigenvalue weighted by Gasteiger charge is 2.29. The molecule has 1 amide bonds. The molecule has 5 nitrogen and oxygen atoms in total. The average Bonchev–Trinajstić information content (AvgIpc) is 2.63. The van der Waals surface area contributed by atoms with Crippen LogP contribution in [0.2, 0.25) is 0 Å². The lowest BCUT2D eigenvalue weighted by Gasteiger charge is -2.35. The van der Waals surface area contributed by atoms with Crippen molar-refractivity contribution < 1.29 is 14.6 Å². The van der Waals surface area contributed by atoms with Gasteiger partial charge in [-0.1, -0.05) is 30.3 Å². The van der Waals surface area contributed by atoms with Crippen LogP contribution in [0.25, 0.3) is 0 Å². The number of benzene rings is 1. The summed E-state index contributed by atoms with van der Waals surface area (Å²) in [5.41, 5.74) is 0.973. The Labute approximate surface area is 149 Å². The molecule has 1 aromatic carbocycles. The van der Waals surface area contributed by atoms with Crippen molar-refractivity contribution in [1.82, 2.24) is 10.2 Å². The number of ether oxygens (including phenoxy) is 1. The summed E-state index contributed by atoms with van der Waals surface area (Å²) < 4.78 is 5.40. The minimum atomic E-state index is -0.429. The van der Waals surface area contributed by atoms with Gasteiger partial charge in [0.25, 0.3) is 0 Å². The maximum Gasteiger partial charge on any atom is 0.224 e. The van der Waals surface area contributed by atoms with E-state index in [4.69, 9.17) is 4.74 Å². The van der Waals surface area contributed by atoms with Gasteiger partial charge in [0.05, 0.1) is 19.3 Å². The van der Waals surface area contributed by atoms with Crippen LogP contribution in [-0.4, -0.2) is 54.8 Å². The molecular formula is C18H27ClN2O3. The first-order chi connectivity index (χ1) is 11.2. The Morgan fingerprint density at radius 2 is 2.00 bits per heavy atom. The molecule has 2 fully saturated rings. The average molecular weight is 355 g/mol. The molecule has 2 aliphatic rings. The number of likely N-dealkylation sites (tertiary alicyclic amines) is 1. The zero-order chi connectivity index (χ0) is 16.1. The molecular weight excluding hydrogens is 328 g/mol. The Kier molecular flexibility index (Phi) is 7.49. The second-order valence-corrected chi connectivity index (χ2v) is 6.50. The molecule has 3 rings (SSSR count). The molecule has 2 unspecified atom stereocenters. The van der Waals surface area contributed by atoms with Gasteiger partial charge in [-0.2, -0.15) is 0 Å².